The molecule has 2 rings (SSSR count). The smallest absolute Gasteiger partial charge is 0.228 e. The average molecular weight is 288 g/mol. The fourth-order valence-electron chi connectivity index (χ4n) is 1.41. The Morgan fingerprint density at radius 2 is 2.26 bits per heavy atom. The zero-order valence-electron chi connectivity index (χ0n) is 10.4. The molecule has 1 aromatic carbocycles. The van der Waals surface area contributed by atoms with Gasteiger partial charge in [0, 0.05) is 18.5 Å². The van der Waals surface area contributed by atoms with Crippen molar-refractivity contribution in [2.24, 2.45) is 5.73 Å². The quantitative estimate of drug-likeness (QED) is 0.911. The van der Waals surface area contributed by atoms with Crippen molar-refractivity contribution in [3.63, 3.8) is 0 Å². The second-order valence-corrected chi connectivity index (χ2v) is 4.03. The lowest BCUT2D eigenvalue weighted by atomic mass is 10.2. The number of nitrogens with two attached hydrogens (primary N) is 1. The molecule has 0 fully saturated rings. The maximum absolute atomic E-state index is 12.9. The highest BCUT2D eigenvalue weighted by Gasteiger charge is 2.08. The molecule has 1 atom stereocenters. The molecular weight excluding hydrogens is 273 g/mol. The summed E-state index contributed by atoms with van der Waals surface area (Å²) in [5.74, 6) is 0.963. The van der Waals surface area contributed by atoms with Crippen LogP contribution in [-0.4, -0.2) is 16.2 Å². The molecule has 5 nitrogen and oxygen atoms in total. The third-order valence-corrected chi connectivity index (χ3v) is 2.17. The molecule has 0 saturated carbocycles. The fraction of sp³-hybridized carbons (Fsp3) is 0.333. The predicted octanol–water partition coefficient (Wildman–Crippen LogP) is 2.10. The summed E-state index contributed by atoms with van der Waals surface area (Å²) in [4.78, 5) is 4.11. The summed E-state index contributed by atoms with van der Waals surface area (Å²) in [5.41, 5.74) is 5.61. The van der Waals surface area contributed by atoms with Gasteiger partial charge in [-0.15, -0.1) is 12.4 Å². The van der Waals surface area contributed by atoms with Gasteiger partial charge in [0.25, 0.3) is 0 Å². The maximum Gasteiger partial charge on any atom is 0.228 e. The monoisotopic (exact) mass is 287 g/mol. The molecule has 2 N–H and O–H groups in total. The Morgan fingerprint density at radius 1 is 1.47 bits per heavy atom. The largest absolute Gasteiger partial charge is 0.485 e. The van der Waals surface area contributed by atoms with E-state index in [4.69, 9.17) is 15.0 Å². The Bertz CT molecular complexity index is 519. The van der Waals surface area contributed by atoms with Crippen LogP contribution >= 0.6 is 12.4 Å². The van der Waals surface area contributed by atoms with Crippen LogP contribution in [0, 0.1) is 5.82 Å². The summed E-state index contributed by atoms with van der Waals surface area (Å²) >= 11 is 0. The van der Waals surface area contributed by atoms with Gasteiger partial charge in [-0.05, 0) is 19.1 Å². The van der Waals surface area contributed by atoms with Crippen molar-refractivity contribution in [3.8, 4) is 5.75 Å². The van der Waals surface area contributed by atoms with E-state index in [1.54, 1.807) is 12.1 Å². The molecule has 0 bridgehead atoms. The molecule has 0 spiro atoms. The van der Waals surface area contributed by atoms with Gasteiger partial charge >= 0.3 is 0 Å². The second kappa shape index (κ2) is 7.06. The first-order chi connectivity index (χ1) is 8.63. The van der Waals surface area contributed by atoms with Gasteiger partial charge < -0.3 is 15.0 Å². The Labute approximate surface area is 116 Å². The fourth-order valence-corrected chi connectivity index (χ4v) is 1.41. The van der Waals surface area contributed by atoms with E-state index in [0.29, 0.717) is 23.9 Å². The summed E-state index contributed by atoms with van der Waals surface area (Å²) in [6.07, 6.45) is 0.521. The highest BCUT2D eigenvalue weighted by molar-refractivity contribution is 5.85. The van der Waals surface area contributed by atoms with Crippen LogP contribution in [0.1, 0.15) is 18.6 Å². The third kappa shape index (κ3) is 4.84. The van der Waals surface area contributed by atoms with Crippen molar-refractivity contribution in [2.75, 3.05) is 0 Å². The molecule has 1 aromatic heterocycles. The average Bonchev–Trinajstić information content (AvgIpc) is 2.73. The van der Waals surface area contributed by atoms with Crippen LogP contribution in [0.5, 0.6) is 5.75 Å². The van der Waals surface area contributed by atoms with Gasteiger partial charge in [0.1, 0.15) is 11.6 Å². The molecule has 2 aromatic rings. The number of ether oxygens (including phenoxy) is 1. The van der Waals surface area contributed by atoms with E-state index in [1.165, 1.54) is 12.1 Å². The summed E-state index contributed by atoms with van der Waals surface area (Å²) in [6, 6.07) is 5.83. The molecule has 0 amide bonds. The molecular formula is C12H15ClFN3O2. The molecule has 0 radical (unpaired) electrons. The van der Waals surface area contributed by atoms with E-state index in [2.05, 4.69) is 10.1 Å². The van der Waals surface area contributed by atoms with E-state index >= 15 is 0 Å². The van der Waals surface area contributed by atoms with Gasteiger partial charge in [-0.1, -0.05) is 11.2 Å². The van der Waals surface area contributed by atoms with Crippen LogP contribution in [-0.2, 0) is 13.0 Å². The van der Waals surface area contributed by atoms with Gasteiger partial charge in [0.05, 0.1) is 0 Å². The number of rotatable bonds is 5. The number of nitrogens with zero attached hydrogens (tertiary/aromatic N) is 2. The van der Waals surface area contributed by atoms with E-state index in [1.807, 2.05) is 6.92 Å². The van der Waals surface area contributed by atoms with Crippen LogP contribution in [0.4, 0.5) is 4.39 Å². The van der Waals surface area contributed by atoms with Crippen molar-refractivity contribution in [1.29, 1.82) is 0 Å². The van der Waals surface area contributed by atoms with Gasteiger partial charge in [0.15, 0.2) is 6.61 Å². The number of hydrogen-bond donors (Lipinski definition) is 1. The van der Waals surface area contributed by atoms with Crippen molar-refractivity contribution in [2.45, 2.75) is 26.0 Å². The van der Waals surface area contributed by atoms with Gasteiger partial charge in [0.2, 0.25) is 11.7 Å². The minimum atomic E-state index is -0.349. The van der Waals surface area contributed by atoms with Gasteiger partial charge in [-0.3, -0.25) is 0 Å². The predicted molar refractivity (Wildman–Crippen MR) is 69.6 cm³/mol. The molecule has 0 aliphatic rings. The lowest BCUT2D eigenvalue weighted by molar-refractivity contribution is 0.283. The van der Waals surface area contributed by atoms with Crippen molar-refractivity contribution in [1.82, 2.24) is 10.1 Å². The zero-order valence-corrected chi connectivity index (χ0v) is 11.2. The minimum Gasteiger partial charge on any atom is -0.485 e. The summed E-state index contributed by atoms with van der Waals surface area (Å²) in [7, 11) is 0. The van der Waals surface area contributed by atoms with Crippen LogP contribution in [0.2, 0.25) is 0 Å². The van der Waals surface area contributed by atoms with E-state index in [9.17, 15) is 4.39 Å². The molecule has 19 heavy (non-hydrogen) atoms. The van der Waals surface area contributed by atoms with E-state index in [0.717, 1.165) is 0 Å². The Morgan fingerprint density at radius 3 is 2.95 bits per heavy atom. The number of benzene rings is 1. The van der Waals surface area contributed by atoms with Crippen molar-refractivity contribution >= 4 is 12.4 Å². The SMILES string of the molecule is CC(N)Cc1nc(COc2cccc(F)c2)no1.Cl. The highest BCUT2D eigenvalue weighted by atomic mass is 35.5. The third-order valence-electron chi connectivity index (χ3n) is 2.17. The normalized spacial score (nSPS) is 11.7. The first-order valence-electron chi connectivity index (χ1n) is 5.59. The molecule has 7 heteroatoms. The minimum absolute atomic E-state index is 0. The summed E-state index contributed by atoms with van der Waals surface area (Å²) < 4.78 is 23.2. The lowest BCUT2D eigenvalue weighted by Gasteiger charge is -2.02. The van der Waals surface area contributed by atoms with E-state index in [-0.39, 0.29) is 30.9 Å². The van der Waals surface area contributed by atoms with Crippen molar-refractivity contribution in [3.05, 3.63) is 41.8 Å². The lowest BCUT2D eigenvalue weighted by Crippen LogP contribution is -2.17. The second-order valence-electron chi connectivity index (χ2n) is 4.03. The van der Waals surface area contributed by atoms with Crippen LogP contribution < -0.4 is 10.5 Å². The maximum atomic E-state index is 12.9. The number of halogens is 2. The first-order valence-corrected chi connectivity index (χ1v) is 5.59. The number of aromatic nitrogens is 2. The Balaban J connectivity index is 0.00000180. The molecule has 104 valence electrons. The Kier molecular flexibility index (Phi) is 5.72. The summed E-state index contributed by atoms with van der Waals surface area (Å²) in [5, 5.41) is 3.75. The standard InChI is InChI=1S/C12H14FN3O2.ClH/c1-8(14)5-12-15-11(16-18-12)7-17-10-4-2-3-9(13)6-10;/h2-4,6,8H,5,7,14H2,1H3;1H. The Hall–Kier alpha value is -1.66. The van der Waals surface area contributed by atoms with Crippen LogP contribution in [0.25, 0.3) is 0 Å². The molecule has 1 heterocycles. The molecule has 0 saturated heterocycles. The topological polar surface area (TPSA) is 74.2 Å². The van der Waals surface area contributed by atoms with Crippen molar-refractivity contribution < 1.29 is 13.7 Å². The van der Waals surface area contributed by atoms with Gasteiger partial charge in [-0.25, -0.2) is 4.39 Å². The summed E-state index contributed by atoms with van der Waals surface area (Å²) in [6.45, 7) is 1.99. The zero-order chi connectivity index (χ0) is 13.0. The highest BCUT2D eigenvalue weighted by Crippen LogP contribution is 2.13. The first kappa shape index (κ1) is 15.4. The molecule has 0 aliphatic heterocycles. The van der Waals surface area contributed by atoms with Crippen LogP contribution in [0.3, 0.4) is 0 Å². The van der Waals surface area contributed by atoms with E-state index < -0.39 is 0 Å². The molecule has 0 aliphatic carbocycles. The van der Waals surface area contributed by atoms with Crippen LogP contribution in [0.15, 0.2) is 28.8 Å². The molecule has 1 unspecified atom stereocenters. The van der Waals surface area contributed by atoms with Gasteiger partial charge in [-0.2, -0.15) is 4.98 Å². The number of hydrogen-bond acceptors (Lipinski definition) is 5.